The molecule has 5 heteroatoms. The molecule has 1 amide bonds. The SMILES string of the molecule is COCC(C)C(=O)NCC1(N)CCC1.Cl. The molecule has 4 nitrogen and oxygen atoms in total. The number of carbonyl (C=O) groups excluding carboxylic acids is 1. The van der Waals surface area contributed by atoms with E-state index in [9.17, 15) is 4.79 Å². The van der Waals surface area contributed by atoms with Crippen molar-refractivity contribution in [3.8, 4) is 0 Å². The molecule has 0 aromatic rings. The Morgan fingerprint density at radius 1 is 1.60 bits per heavy atom. The van der Waals surface area contributed by atoms with E-state index in [1.54, 1.807) is 7.11 Å². The summed E-state index contributed by atoms with van der Waals surface area (Å²) in [5, 5.41) is 2.87. The van der Waals surface area contributed by atoms with Crippen molar-refractivity contribution in [2.24, 2.45) is 11.7 Å². The summed E-state index contributed by atoms with van der Waals surface area (Å²) in [5.41, 5.74) is 5.84. The first-order valence-corrected chi connectivity index (χ1v) is 5.13. The zero-order valence-electron chi connectivity index (χ0n) is 9.41. The van der Waals surface area contributed by atoms with E-state index in [0.717, 1.165) is 12.8 Å². The van der Waals surface area contributed by atoms with Crippen LogP contribution in [0.15, 0.2) is 0 Å². The second kappa shape index (κ2) is 6.30. The number of hydrogen-bond donors (Lipinski definition) is 2. The van der Waals surface area contributed by atoms with Crippen LogP contribution in [0.25, 0.3) is 0 Å². The largest absolute Gasteiger partial charge is 0.384 e. The van der Waals surface area contributed by atoms with Gasteiger partial charge in [0.2, 0.25) is 5.91 Å². The van der Waals surface area contributed by atoms with Gasteiger partial charge >= 0.3 is 0 Å². The number of methoxy groups -OCH3 is 1. The zero-order chi connectivity index (χ0) is 10.6. The highest BCUT2D eigenvalue weighted by Gasteiger charge is 2.32. The van der Waals surface area contributed by atoms with E-state index in [-0.39, 0.29) is 29.8 Å². The van der Waals surface area contributed by atoms with Crippen LogP contribution >= 0.6 is 12.4 Å². The van der Waals surface area contributed by atoms with Crippen LogP contribution in [0.5, 0.6) is 0 Å². The van der Waals surface area contributed by atoms with Crippen LogP contribution in [0.3, 0.4) is 0 Å². The van der Waals surface area contributed by atoms with Gasteiger partial charge in [-0.1, -0.05) is 6.92 Å². The zero-order valence-corrected chi connectivity index (χ0v) is 10.2. The quantitative estimate of drug-likeness (QED) is 0.738. The summed E-state index contributed by atoms with van der Waals surface area (Å²) in [6.07, 6.45) is 3.22. The molecule has 1 fully saturated rings. The molecular weight excluding hydrogens is 216 g/mol. The van der Waals surface area contributed by atoms with E-state index in [4.69, 9.17) is 10.5 Å². The minimum atomic E-state index is -0.136. The van der Waals surface area contributed by atoms with Gasteiger partial charge in [0, 0.05) is 19.2 Å². The predicted molar refractivity (Wildman–Crippen MR) is 62.1 cm³/mol. The molecule has 0 aliphatic heterocycles. The molecule has 1 aliphatic carbocycles. The fourth-order valence-corrected chi connectivity index (χ4v) is 1.57. The van der Waals surface area contributed by atoms with Crippen LogP contribution in [-0.2, 0) is 9.53 Å². The third-order valence-electron chi connectivity index (χ3n) is 2.83. The molecule has 15 heavy (non-hydrogen) atoms. The van der Waals surface area contributed by atoms with E-state index in [1.165, 1.54) is 6.42 Å². The fourth-order valence-electron chi connectivity index (χ4n) is 1.57. The Morgan fingerprint density at radius 3 is 2.60 bits per heavy atom. The molecule has 1 atom stereocenters. The smallest absolute Gasteiger partial charge is 0.225 e. The van der Waals surface area contributed by atoms with Crippen LogP contribution in [0, 0.1) is 5.92 Å². The number of nitrogens with two attached hydrogens (primary N) is 1. The van der Waals surface area contributed by atoms with Crippen molar-refractivity contribution < 1.29 is 9.53 Å². The molecule has 1 saturated carbocycles. The van der Waals surface area contributed by atoms with E-state index in [0.29, 0.717) is 13.2 Å². The van der Waals surface area contributed by atoms with Gasteiger partial charge in [0.15, 0.2) is 0 Å². The van der Waals surface area contributed by atoms with Gasteiger partial charge < -0.3 is 15.8 Å². The summed E-state index contributed by atoms with van der Waals surface area (Å²) in [6.45, 7) is 2.91. The lowest BCUT2D eigenvalue weighted by Crippen LogP contribution is -2.55. The minimum Gasteiger partial charge on any atom is -0.384 e. The normalized spacial score (nSPS) is 19.7. The first-order chi connectivity index (χ1) is 6.57. The van der Waals surface area contributed by atoms with E-state index in [1.807, 2.05) is 6.92 Å². The molecule has 1 unspecified atom stereocenters. The molecule has 0 spiro atoms. The Hall–Kier alpha value is -0.320. The first kappa shape index (κ1) is 14.7. The van der Waals surface area contributed by atoms with Gasteiger partial charge in [-0.25, -0.2) is 0 Å². The van der Waals surface area contributed by atoms with Crippen molar-refractivity contribution in [1.82, 2.24) is 5.32 Å². The van der Waals surface area contributed by atoms with Crippen molar-refractivity contribution >= 4 is 18.3 Å². The topological polar surface area (TPSA) is 64.3 Å². The number of halogens is 1. The highest BCUT2D eigenvalue weighted by atomic mass is 35.5. The van der Waals surface area contributed by atoms with Gasteiger partial charge in [-0.2, -0.15) is 0 Å². The Morgan fingerprint density at radius 2 is 2.20 bits per heavy atom. The van der Waals surface area contributed by atoms with Crippen LogP contribution in [0.1, 0.15) is 26.2 Å². The maximum Gasteiger partial charge on any atom is 0.225 e. The highest BCUT2D eigenvalue weighted by molar-refractivity contribution is 5.85. The summed E-state index contributed by atoms with van der Waals surface area (Å²) >= 11 is 0. The monoisotopic (exact) mass is 236 g/mol. The summed E-state index contributed by atoms with van der Waals surface area (Å²) < 4.78 is 4.90. The number of nitrogens with one attached hydrogen (secondary N) is 1. The van der Waals surface area contributed by atoms with Gasteiger partial charge in [-0.05, 0) is 19.3 Å². The van der Waals surface area contributed by atoms with Gasteiger partial charge in [0.1, 0.15) is 0 Å². The Labute approximate surface area is 97.3 Å². The Balaban J connectivity index is 0.00000196. The van der Waals surface area contributed by atoms with Crippen molar-refractivity contribution in [3.05, 3.63) is 0 Å². The number of amides is 1. The van der Waals surface area contributed by atoms with Gasteiger partial charge in [-0.3, -0.25) is 4.79 Å². The first-order valence-electron chi connectivity index (χ1n) is 5.13. The number of ether oxygens (including phenoxy) is 1. The van der Waals surface area contributed by atoms with Crippen LogP contribution in [0.2, 0.25) is 0 Å². The third-order valence-corrected chi connectivity index (χ3v) is 2.83. The molecule has 1 rings (SSSR count). The maximum atomic E-state index is 11.5. The Kier molecular flexibility index (Phi) is 6.17. The summed E-state index contributed by atoms with van der Waals surface area (Å²) in [4.78, 5) is 11.5. The molecule has 0 radical (unpaired) electrons. The lowest BCUT2D eigenvalue weighted by atomic mass is 9.78. The average molecular weight is 237 g/mol. The highest BCUT2D eigenvalue weighted by Crippen LogP contribution is 2.28. The number of rotatable bonds is 5. The summed E-state index contributed by atoms with van der Waals surface area (Å²) in [7, 11) is 1.60. The van der Waals surface area contributed by atoms with Crippen molar-refractivity contribution in [3.63, 3.8) is 0 Å². The summed E-state index contributed by atoms with van der Waals surface area (Å²) in [5.74, 6) is -0.0627. The Bertz CT molecular complexity index is 208. The predicted octanol–water partition coefficient (Wildman–Crippen LogP) is 0.688. The van der Waals surface area contributed by atoms with E-state index < -0.39 is 0 Å². The molecule has 0 aromatic carbocycles. The summed E-state index contributed by atoms with van der Waals surface area (Å²) in [6, 6.07) is 0. The average Bonchev–Trinajstić information content (AvgIpc) is 2.11. The van der Waals surface area contributed by atoms with Crippen LogP contribution in [0.4, 0.5) is 0 Å². The molecule has 0 saturated heterocycles. The molecule has 1 aliphatic rings. The van der Waals surface area contributed by atoms with E-state index >= 15 is 0 Å². The van der Waals surface area contributed by atoms with Crippen molar-refractivity contribution in [1.29, 1.82) is 0 Å². The number of carbonyl (C=O) groups is 1. The van der Waals surface area contributed by atoms with Crippen LogP contribution < -0.4 is 11.1 Å². The molecular formula is C10H21ClN2O2. The molecule has 0 aromatic heterocycles. The molecule has 0 bridgehead atoms. The van der Waals surface area contributed by atoms with Gasteiger partial charge in [0.05, 0.1) is 12.5 Å². The lowest BCUT2D eigenvalue weighted by Gasteiger charge is -2.38. The fraction of sp³-hybridized carbons (Fsp3) is 0.900. The number of hydrogen-bond acceptors (Lipinski definition) is 3. The molecule has 3 N–H and O–H groups in total. The van der Waals surface area contributed by atoms with Crippen molar-refractivity contribution in [2.45, 2.75) is 31.7 Å². The third kappa shape index (κ3) is 4.36. The molecule has 90 valence electrons. The van der Waals surface area contributed by atoms with Gasteiger partial charge in [-0.15, -0.1) is 12.4 Å². The second-order valence-electron chi connectivity index (χ2n) is 4.29. The van der Waals surface area contributed by atoms with Gasteiger partial charge in [0.25, 0.3) is 0 Å². The van der Waals surface area contributed by atoms with Crippen LogP contribution in [-0.4, -0.2) is 31.7 Å². The lowest BCUT2D eigenvalue weighted by molar-refractivity contribution is -0.126. The maximum absolute atomic E-state index is 11.5. The van der Waals surface area contributed by atoms with E-state index in [2.05, 4.69) is 5.32 Å². The molecule has 0 heterocycles. The van der Waals surface area contributed by atoms with Crippen molar-refractivity contribution in [2.75, 3.05) is 20.3 Å². The second-order valence-corrected chi connectivity index (χ2v) is 4.29. The minimum absolute atomic E-state index is 0. The standard InChI is InChI=1S/C10H20N2O2.ClH/c1-8(6-14-2)9(13)12-7-10(11)4-3-5-10;/h8H,3-7,11H2,1-2H3,(H,12,13);1H.